The number of ether oxygens (including phenoxy) is 2. The van der Waals surface area contributed by atoms with Gasteiger partial charge >= 0.3 is 0 Å². The molecule has 0 spiro atoms. The first-order valence-corrected chi connectivity index (χ1v) is 4.71. The van der Waals surface area contributed by atoms with Gasteiger partial charge in [0.25, 0.3) is 0 Å². The third-order valence-corrected chi connectivity index (χ3v) is 2.04. The molecule has 0 saturated carbocycles. The van der Waals surface area contributed by atoms with E-state index in [0.29, 0.717) is 6.61 Å². The number of nitrogens with zero attached hydrogens (tertiary/aromatic N) is 1. The van der Waals surface area contributed by atoms with Crippen molar-refractivity contribution in [3.63, 3.8) is 0 Å². The van der Waals surface area contributed by atoms with Crippen molar-refractivity contribution >= 4 is 0 Å². The Morgan fingerprint density at radius 3 is 2.87 bits per heavy atom. The van der Waals surface area contributed by atoms with Gasteiger partial charge in [-0.05, 0) is 13.8 Å². The van der Waals surface area contributed by atoms with Gasteiger partial charge in [0.2, 0.25) is 0 Å². The fourth-order valence-corrected chi connectivity index (χ4v) is 1.22. The maximum absolute atomic E-state index is 9.40. The van der Waals surface area contributed by atoms with Crippen LogP contribution in [-0.4, -0.2) is 29.7 Å². The van der Waals surface area contributed by atoms with E-state index >= 15 is 0 Å². The van der Waals surface area contributed by atoms with Crippen molar-refractivity contribution in [3.8, 4) is 6.07 Å². The molecule has 0 bridgehead atoms. The second kappa shape index (κ2) is 4.58. The van der Waals surface area contributed by atoms with Crippen molar-refractivity contribution < 1.29 is 14.6 Å². The monoisotopic (exact) mass is 209 g/mol. The van der Waals surface area contributed by atoms with Crippen LogP contribution in [0.5, 0.6) is 0 Å². The normalized spacial score (nSPS) is 26.4. The fourth-order valence-electron chi connectivity index (χ4n) is 1.22. The molecule has 4 nitrogen and oxygen atoms in total. The Morgan fingerprint density at radius 1 is 1.73 bits per heavy atom. The van der Waals surface area contributed by atoms with E-state index in [2.05, 4.69) is 6.58 Å². The van der Waals surface area contributed by atoms with Crippen LogP contribution in [0.2, 0.25) is 0 Å². The van der Waals surface area contributed by atoms with E-state index < -0.39 is 11.9 Å². The molecule has 1 saturated heterocycles. The van der Waals surface area contributed by atoms with Crippen molar-refractivity contribution in [2.75, 3.05) is 6.61 Å². The van der Waals surface area contributed by atoms with Gasteiger partial charge in [-0.15, -0.1) is 0 Å². The summed E-state index contributed by atoms with van der Waals surface area (Å²) in [6, 6.07) is 1.79. The zero-order valence-electron chi connectivity index (χ0n) is 8.93. The predicted molar refractivity (Wildman–Crippen MR) is 54.8 cm³/mol. The second-order valence-corrected chi connectivity index (χ2v) is 3.83. The topological polar surface area (TPSA) is 62.5 Å². The first kappa shape index (κ1) is 11.9. The molecule has 0 radical (unpaired) electrons. The van der Waals surface area contributed by atoms with Crippen LogP contribution in [0.1, 0.15) is 13.8 Å². The molecule has 0 aromatic heterocycles. The van der Waals surface area contributed by atoms with Gasteiger partial charge in [-0.1, -0.05) is 18.7 Å². The summed E-state index contributed by atoms with van der Waals surface area (Å²) in [6.45, 7) is 7.52. The number of hydrogen-bond donors (Lipinski definition) is 1. The highest BCUT2D eigenvalue weighted by Gasteiger charge is 2.31. The zero-order chi connectivity index (χ0) is 11.5. The van der Waals surface area contributed by atoms with Crippen molar-refractivity contribution in [2.45, 2.75) is 31.8 Å². The Labute approximate surface area is 89.4 Å². The minimum Gasteiger partial charge on any atom is -0.384 e. The van der Waals surface area contributed by atoms with Gasteiger partial charge in [0.1, 0.15) is 12.2 Å². The predicted octanol–water partition coefficient (Wildman–Crippen LogP) is 1.13. The summed E-state index contributed by atoms with van der Waals surface area (Å²) in [7, 11) is 0. The molecule has 1 heterocycles. The van der Waals surface area contributed by atoms with Gasteiger partial charge in [-0.2, -0.15) is 5.26 Å². The molecule has 82 valence electrons. The Bertz CT molecular complexity index is 314. The van der Waals surface area contributed by atoms with Gasteiger partial charge in [0.15, 0.2) is 5.79 Å². The summed E-state index contributed by atoms with van der Waals surface area (Å²) in [6.07, 6.45) is 2.05. The lowest BCUT2D eigenvalue weighted by Crippen LogP contribution is -2.20. The molecule has 1 aliphatic rings. The number of aliphatic hydroxyl groups excluding tert-OH is 1. The Morgan fingerprint density at radius 2 is 2.40 bits per heavy atom. The Hall–Kier alpha value is -1.15. The van der Waals surface area contributed by atoms with Crippen LogP contribution in [0.3, 0.4) is 0 Å². The van der Waals surface area contributed by atoms with E-state index in [1.165, 1.54) is 6.08 Å². The summed E-state index contributed by atoms with van der Waals surface area (Å²) in [5, 5.41) is 17.9. The second-order valence-electron chi connectivity index (χ2n) is 3.83. The average molecular weight is 209 g/mol. The van der Waals surface area contributed by atoms with E-state index in [0.717, 1.165) is 0 Å². The average Bonchev–Trinajstić information content (AvgIpc) is 2.53. The maximum Gasteiger partial charge on any atom is 0.163 e. The van der Waals surface area contributed by atoms with E-state index in [1.54, 1.807) is 12.1 Å². The lowest BCUT2D eigenvalue weighted by atomic mass is 10.1. The molecule has 0 aliphatic carbocycles. The molecule has 2 atom stereocenters. The summed E-state index contributed by atoms with van der Waals surface area (Å²) in [5.74, 6) is -0.577. The van der Waals surface area contributed by atoms with Gasteiger partial charge in [-0.3, -0.25) is 0 Å². The molecule has 1 fully saturated rings. The number of aliphatic hydroxyl groups is 1. The van der Waals surface area contributed by atoms with Crippen LogP contribution in [0, 0.1) is 11.3 Å². The standard InChI is InChI=1S/C11H15NO3/c1-8(6-12)10(13)5-4-9-7-14-11(2,3)15-9/h4-5,9-10,13H,1,7H2,2-3H3/b5-4+/t9-,10-/m0/s1. The summed E-state index contributed by atoms with van der Waals surface area (Å²) >= 11 is 0. The van der Waals surface area contributed by atoms with Crippen molar-refractivity contribution in [3.05, 3.63) is 24.3 Å². The SMILES string of the molecule is C=C(C#N)[C@@H](O)/C=C/[C@H]1COC(C)(C)O1. The number of hydrogen-bond acceptors (Lipinski definition) is 4. The van der Waals surface area contributed by atoms with Crippen molar-refractivity contribution in [1.82, 2.24) is 0 Å². The summed E-state index contributed by atoms with van der Waals surface area (Å²) in [5.41, 5.74) is 0.115. The van der Waals surface area contributed by atoms with Gasteiger partial charge in [-0.25, -0.2) is 0 Å². The number of rotatable bonds is 3. The van der Waals surface area contributed by atoms with Crippen LogP contribution in [-0.2, 0) is 9.47 Å². The molecular weight excluding hydrogens is 194 g/mol. The summed E-state index contributed by atoms with van der Waals surface area (Å²) in [4.78, 5) is 0. The molecule has 0 aromatic rings. The Kier molecular flexibility index (Phi) is 3.64. The van der Waals surface area contributed by atoms with Crippen molar-refractivity contribution in [2.24, 2.45) is 0 Å². The van der Waals surface area contributed by atoms with Gasteiger partial charge in [0.05, 0.1) is 18.2 Å². The highest BCUT2D eigenvalue weighted by Crippen LogP contribution is 2.22. The molecule has 1 aliphatic heterocycles. The molecular formula is C11H15NO3. The van der Waals surface area contributed by atoms with E-state index in [-0.39, 0.29) is 11.7 Å². The Balaban J connectivity index is 2.47. The van der Waals surface area contributed by atoms with Crippen LogP contribution in [0.25, 0.3) is 0 Å². The largest absolute Gasteiger partial charge is 0.384 e. The van der Waals surface area contributed by atoms with E-state index in [9.17, 15) is 5.11 Å². The molecule has 1 rings (SSSR count). The molecule has 4 heteroatoms. The van der Waals surface area contributed by atoms with Gasteiger partial charge in [0, 0.05) is 0 Å². The first-order chi connectivity index (χ1) is 6.94. The highest BCUT2D eigenvalue weighted by atomic mass is 16.7. The van der Waals surface area contributed by atoms with E-state index in [1.807, 2.05) is 13.8 Å². The molecule has 1 N–H and O–H groups in total. The minimum absolute atomic E-state index is 0.115. The third-order valence-electron chi connectivity index (χ3n) is 2.04. The summed E-state index contributed by atoms with van der Waals surface area (Å²) < 4.78 is 10.8. The number of nitriles is 1. The van der Waals surface area contributed by atoms with Gasteiger partial charge < -0.3 is 14.6 Å². The molecule has 0 aromatic carbocycles. The fraction of sp³-hybridized carbons (Fsp3) is 0.545. The highest BCUT2D eigenvalue weighted by molar-refractivity contribution is 5.25. The van der Waals surface area contributed by atoms with Crippen LogP contribution < -0.4 is 0 Å². The smallest absolute Gasteiger partial charge is 0.163 e. The molecule has 0 unspecified atom stereocenters. The third kappa shape index (κ3) is 3.48. The van der Waals surface area contributed by atoms with Crippen LogP contribution in [0.15, 0.2) is 24.3 Å². The quantitative estimate of drug-likeness (QED) is 0.559. The molecule has 15 heavy (non-hydrogen) atoms. The minimum atomic E-state index is -0.942. The van der Waals surface area contributed by atoms with Crippen molar-refractivity contribution in [1.29, 1.82) is 5.26 Å². The zero-order valence-corrected chi connectivity index (χ0v) is 8.93. The molecule has 0 amide bonds. The lowest BCUT2D eigenvalue weighted by molar-refractivity contribution is -0.133. The van der Waals surface area contributed by atoms with Crippen LogP contribution in [0.4, 0.5) is 0 Å². The lowest BCUT2D eigenvalue weighted by Gasteiger charge is -2.15. The maximum atomic E-state index is 9.40. The van der Waals surface area contributed by atoms with E-state index in [4.69, 9.17) is 14.7 Å². The van der Waals surface area contributed by atoms with Crippen LogP contribution >= 0.6 is 0 Å². The first-order valence-electron chi connectivity index (χ1n) is 4.71.